The van der Waals surface area contributed by atoms with E-state index in [2.05, 4.69) is 13.8 Å². The van der Waals surface area contributed by atoms with Crippen molar-refractivity contribution in [2.75, 3.05) is 39.9 Å². The van der Waals surface area contributed by atoms with Crippen molar-refractivity contribution < 1.29 is 33.5 Å². The summed E-state index contributed by atoms with van der Waals surface area (Å²) >= 11 is 0. The van der Waals surface area contributed by atoms with Crippen molar-refractivity contribution in [3.05, 3.63) is 65.0 Å². The molecule has 0 bridgehead atoms. The first kappa shape index (κ1) is 25.2. The van der Waals surface area contributed by atoms with Crippen LogP contribution in [0, 0.1) is 5.82 Å². The Morgan fingerprint density at radius 1 is 1.06 bits per heavy atom. The number of benzene rings is 2. The Bertz CT molecular complexity index is 1060. The molecule has 0 spiro atoms. The van der Waals surface area contributed by atoms with Gasteiger partial charge in [0.05, 0.1) is 45.9 Å². The summed E-state index contributed by atoms with van der Waals surface area (Å²) in [5.41, 5.74) is 0.577. The van der Waals surface area contributed by atoms with Gasteiger partial charge in [-0.2, -0.15) is 0 Å². The zero-order valence-corrected chi connectivity index (χ0v) is 20.0. The highest BCUT2D eigenvalue weighted by molar-refractivity contribution is 6.46. The summed E-state index contributed by atoms with van der Waals surface area (Å²) in [4.78, 5) is 28.9. The maximum absolute atomic E-state index is 13.4. The number of nitrogens with one attached hydrogen (secondary N) is 1. The number of likely N-dealkylation sites (tertiary alicyclic amines) is 1. The quantitative estimate of drug-likeness (QED) is 0.322. The van der Waals surface area contributed by atoms with Crippen molar-refractivity contribution in [2.45, 2.75) is 26.8 Å². The molecule has 7 nitrogen and oxygen atoms in total. The molecule has 2 aromatic carbocycles. The van der Waals surface area contributed by atoms with E-state index in [4.69, 9.17) is 9.47 Å². The van der Waals surface area contributed by atoms with Gasteiger partial charge < -0.3 is 24.4 Å². The molecule has 0 aromatic heterocycles. The summed E-state index contributed by atoms with van der Waals surface area (Å²) in [6.45, 7) is 9.09. The number of carbonyl (C=O) groups is 2. The Kier molecular flexibility index (Phi) is 8.28. The van der Waals surface area contributed by atoms with Crippen LogP contribution in [0.4, 0.5) is 4.39 Å². The maximum atomic E-state index is 13.4. The van der Waals surface area contributed by atoms with Crippen LogP contribution in [0.2, 0.25) is 0 Å². The monoisotopic (exact) mass is 470 g/mol. The van der Waals surface area contributed by atoms with E-state index in [1.54, 1.807) is 18.2 Å². The lowest BCUT2D eigenvalue weighted by Gasteiger charge is -2.29. The average molecular weight is 471 g/mol. The summed E-state index contributed by atoms with van der Waals surface area (Å²) < 4.78 is 24.5. The highest BCUT2D eigenvalue weighted by Crippen LogP contribution is 2.41. The Labute approximate surface area is 199 Å². The van der Waals surface area contributed by atoms with Crippen LogP contribution in [0.1, 0.15) is 37.9 Å². The second-order valence-electron chi connectivity index (χ2n) is 8.03. The fraction of sp³-hybridized carbons (Fsp3) is 0.385. The normalized spacial score (nSPS) is 17.5. The second-order valence-corrected chi connectivity index (χ2v) is 8.03. The smallest absolute Gasteiger partial charge is 0.295 e. The molecule has 1 amide bonds. The molecule has 3 rings (SSSR count). The van der Waals surface area contributed by atoms with Crippen molar-refractivity contribution in [1.29, 1.82) is 0 Å². The van der Waals surface area contributed by atoms with Gasteiger partial charge in [0.1, 0.15) is 5.82 Å². The number of methoxy groups -OCH3 is 1. The van der Waals surface area contributed by atoms with Crippen molar-refractivity contribution in [3.63, 3.8) is 0 Å². The van der Waals surface area contributed by atoms with Gasteiger partial charge in [-0.1, -0.05) is 24.0 Å². The molecule has 1 atom stereocenters. The number of carbonyl (C=O) groups excluding carboxylic acids is 2. The maximum Gasteiger partial charge on any atom is 0.295 e. The fourth-order valence-electron chi connectivity index (χ4n) is 4.22. The second kappa shape index (κ2) is 11.2. The predicted octanol–water partition coefficient (Wildman–Crippen LogP) is 1.38. The van der Waals surface area contributed by atoms with E-state index in [1.807, 2.05) is 6.92 Å². The van der Waals surface area contributed by atoms with Gasteiger partial charge in [-0.3, -0.25) is 9.59 Å². The Morgan fingerprint density at radius 3 is 2.32 bits per heavy atom. The van der Waals surface area contributed by atoms with Crippen LogP contribution in [-0.2, 0) is 9.59 Å². The number of ether oxygens (including phenoxy) is 2. The zero-order valence-electron chi connectivity index (χ0n) is 20.0. The number of ketones is 1. The van der Waals surface area contributed by atoms with E-state index in [1.165, 1.54) is 29.0 Å². The molecule has 1 fully saturated rings. The van der Waals surface area contributed by atoms with Crippen LogP contribution >= 0.6 is 0 Å². The van der Waals surface area contributed by atoms with Crippen molar-refractivity contribution in [3.8, 4) is 11.5 Å². The fourth-order valence-corrected chi connectivity index (χ4v) is 4.22. The van der Waals surface area contributed by atoms with E-state index in [-0.39, 0.29) is 11.1 Å². The highest BCUT2D eigenvalue weighted by Gasteiger charge is 2.44. The minimum Gasteiger partial charge on any atom is -0.872 e. The number of nitrogens with zero attached hydrogens (tertiary/aromatic N) is 1. The molecule has 0 radical (unpaired) electrons. The van der Waals surface area contributed by atoms with Crippen LogP contribution < -0.4 is 19.5 Å². The molecule has 182 valence electrons. The van der Waals surface area contributed by atoms with E-state index in [9.17, 15) is 19.1 Å². The molecule has 0 aliphatic carbocycles. The first-order valence-electron chi connectivity index (χ1n) is 11.5. The van der Waals surface area contributed by atoms with E-state index >= 15 is 0 Å². The molecular formula is C26H31FN2O5. The molecule has 8 heteroatoms. The molecule has 1 unspecified atom stereocenters. The number of amides is 1. The number of rotatable bonds is 10. The summed E-state index contributed by atoms with van der Waals surface area (Å²) in [7, 11) is 1.50. The van der Waals surface area contributed by atoms with Gasteiger partial charge in [0.25, 0.3) is 5.91 Å². The van der Waals surface area contributed by atoms with E-state index in [0.29, 0.717) is 36.8 Å². The van der Waals surface area contributed by atoms with Gasteiger partial charge in [-0.15, -0.1) is 0 Å². The third-order valence-electron chi connectivity index (χ3n) is 6.15. The third-order valence-corrected chi connectivity index (χ3v) is 6.15. The third kappa shape index (κ3) is 5.07. The van der Waals surface area contributed by atoms with E-state index < -0.39 is 29.3 Å². The van der Waals surface area contributed by atoms with Crippen LogP contribution in [0.3, 0.4) is 0 Å². The van der Waals surface area contributed by atoms with Crippen molar-refractivity contribution in [2.24, 2.45) is 0 Å². The summed E-state index contributed by atoms with van der Waals surface area (Å²) in [5.74, 6) is -1.67. The average Bonchev–Trinajstić information content (AvgIpc) is 3.10. The molecule has 1 heterocycles. The molecule has 0 saturated carbocycles. The minimum atomic E-state index is -0.878. The topological polar surface area (TPSA) is 83.3 Å². The summed E-state index contributed by atoms with van der Waals surface area (Å²) in [5, 5.41) is 13.4. The van der Waals surface area contributed by atoms with Gasteiger partial charge in [0.2, 0.25) is 5.78 Å². The standard InChI is InChI=1S/C26H31FN2O5/c1-5-28(6-2)14-15-29-23(18-10-13-20(34-7-3)21(16-18)33-4)22(25(31)26(29)32)24(30)17-8-11-19(27)12-9-17/h8-13,16,23,30H,5-7,14-15H2,1-4H3/b24-22+. The molecular weight excluding hydrogens is 439 g/mol. The van der Waals surface area contributed by atoms with Crippen molar-refractivity contribution >= 4 is 17.4 Å². The molecule has 1 aliphatic rings. The number of likely N-dealkylation sites (N-methyl/N-ethyl adjacent to an activating group) is 1. The van der Waals surface area contributed by atoms with Gasteiger partial charge in [-0.25, -0.2) is 4.39 Å². The number of hydrogen-bond donors (Lipinski definition) is 1. The van der Waals surface area contributed by atoms with Gasteiger partial charge >= 0.3 is 0 Å². The van der Waals surface area contributed by atoms with Crippen LogP contribution in [0.25, 0.3) is 5.76 Å². The van der Waals surface area contributed by atoms with Gasteiger partial charge in [-0.05, 0) is 56.2 Å². The van der Waals surface area contributed by atoms with Crippen molar-refractivity contribution in [1.82, 2.24) is 4.90 Å². The summed E-state index contributed by atoms with van der Waals surface area (Å²) in [6, 6.07) is 9.21. The predicted molar refractivity (Wildman–Crippen MR) is 124 cm³/mol. The van der Waals surface area contributed by atoms with Gasteiger partial charge in [0, 0.05) is 5.57 Å². The lowest BCUT2D eigenvalue weighted by molar-refractivity contribution is -0.895. The first-order chi connectivity index (χ1) is 16.4. The number of quaternary nitrogens is 1. The molecule has 1 aliphatic heterocycles. The molecule has 2 aromatic rings. The Balaban J connectivity index is 2.14. The number of hydrogen-bond acceptors (Lipinski definition) is 5. The Morgan fingerprint density at radius 2 is 1.74 bits per heavy atom. The number of Topliss-reactive ketones (excluding diaryl/α,β-unsaturated/α-hetero) is 1. The number of halogens is 1. The van der Waals surface area contributed by atoms with Crippen LogP contribution in [0.5, 0.6) is 11.5 Å². The van der Waals surface area contributed by atoms with Crippen LogP contribution in [-0.4, -0.2) is 56.5 Å². The van der Waals surface area contributed by atoms with E-state index in [0.717, 1.165) is 25.2 Å². The molecule has 1 N–H and O–H groups in total. The SMILES string of the molecule is CCOc1ccc(C2/C(=C(\[O-])c3ccc(F)cc3)C(=O)C(=O)N2CC[NH+](CC)CC)cc1OC. The highest BCUT2D eigenvalue weighted by atomic mass is 19.1. The minimum absolute atomic E-state index is 0.141. The van der Waals surface area contributed by atoms with Gasteiger partial charge in [0.15, 0.2) is 11.5 Å². The Hall–Kier alpha value is -3.39. The molecule has 1 saturated heterocycles. The lowest BCUT2D eigenvalue weighted by Crippen LogP contribution is -3.12. The lowest BCUT2D eigenvalue weighted by atomic mass is 9.95. The first-order valence-corrected chi connectivity index (χ1v) is 11.5. The largest absolute Gasteiger partial charge is 0.872 e. The van der Waals surface area contributed by atoms with Crippen LogP contribution in [0.15, 0.2) is 48.0 Å². The molecule has 34 heavy (non-hydrogen) atoms. The zero-order chi connectivity index (χ0) is 24.8. The summed E-state index contributed by atoms with van der Waals surface area (Å²) in [6.07, 6.45) is 0.